The van der Waals surface area contributed by atoms with Crippen LogP contribution in [0.25, 0.3) is 0 Å². The topological polar surface area (TPSA) is 52.6 Å². The van der Waals surface area contributed by atoms with Crippen molar-refractivity contribution in [1.82, 2.24) is 0 Å². The molecule has 0 bridgehead atoms. The second-order valence-electron chi connectivity index (χ2n) is 11.1. The number of alkyl halides is 24. The Bertz CT molecular complexity index is 1140. The number of hydrogen-bond donors (Lipinski definition) is 0. The van der Waals surface area contributed by atoms with Crippen molar-refractivity contribution in [3.8, 4) is 0 Å². The molecule has 4 nitrogen and oxygen atoms in total. The zero-order chi connectivity index (χ0) is 41.1. The highest BCUT2D eigenvalue weighted by Crippen LogP contribution is 2.60. The largest absolute Gasteiger partial charge is 0.459 e. The SMILES string of the molecule is CC(C)(C(=O)OCC(F)(F)C(F)(F)C(F)(F)C(F)(F)C(F)(F)C(F)F)C(C)(C)C(=O)OCC(F)(F)C(F)(F)C(F)(F)C(F)(F)C(F)(F)C(F)F. The summed E-state index contributed by atoms with van der Waals surface area (Å²) < 4.78 is 326. The van der Waals surface area contributed by atoms with Crippen LogP contribution in [-0.4, -0.2) is 97.2 Å². The van der Waals surface area contributed by atoms with Gasteiger partial charge in [0.1, 0.15) is 0 Å². The molecule has 0 aliphatic carbocycles. The molecule has 0 aromatic heterocycles. The second-order valence-corrected chi connectivity index (χ2v) is 11.1. The van der Waals surface area contributed by atoms with Gasteiger partial charge in [0.05, 0.1) is 10.8 Å². The van der Waals surface area contributed by atoms with Crippen molar-refractivity contribution in [2.45, 2.75) is 99.8 Å². The van der Waals surface area contributed by atoms with Gasteiger partial charge in [0.25, 0.3) is 0 Å². The number of hydrogen-bond acceptors (Lipinski definition) is 4. The van der Waals surface area contributed by atoms with Crippen molar-refractivity contribution in [2.75, 3.05) is 13.2 Å². The minimum atomic E-state index is -8.07. The van der Waals surface area contributed by atoms with Crippen LogP contribution in [0.5, 0.6) is 0 Å². The van der Waals surface area contributed by atoms with Crippen molar-refractivity contribution in [2.24, 2.45) is 10.8 Å². The maximum absolute atomic E-state index is 14.0. The molecule has 0 amide bonds. The maximum Gasteiger partial charge on any atom is 0.384 e. The summed E-state index contributed by atoms with van der Waals surface area (Å²) in [4.78, 5) is 24.6. The number of rotatable bonds is 17. The first-order chi connectivity index (χ1) is 21.4. The molecule has 0 unspecified atom stereocenters. The fourth-order valence-corrected chi connectivity index (χ4v) is 2.91. The zero-order valence-corrected chi connectivity index (χ0v) is 24.3. The first kappa shape index (κ1) is 47.3. The number of ether oxygens (including phenoxy) is 2. The van der Waals surface area contributed by atoms with E-state index in [1.165, 1.54) is 0 Å². The van der Waals surface area contributed by atoms with Gasteiger partial charge in [0, 0.05) is 0 Å². The van der Waals surface area contributed by atoms with E-state index >= 15 is 0 Å². The summed E-state index contributed by atoms with van der Waals surface area (Å²) in [5.41, 5.74) is -6.25. The normalized spacial score (nSPS) is 15.9. The molecule has 50 heavy (non-hydrogen) atoms. The Kier molecular flexibility index (Phi) is 12.3. The number of halogens is 24. The summed E-state index contributed by atoms with van der Waals surface area (Å²) in [7, 11) is 0. The fraction of sp³-hybridized carbons (Fsp3) is 0.909. The maximum atomic E-state index is 14.0. The third-order valence-corrected chi connectivity index (χ3v) is 7.23. The molecule has 0 saturated carbocycles. The van der Waals surface area contributed by atoms with Crippen LogP contribution in [0.3, 0.4) is 0 Å². The lowest BCUT2D eigenvalue weighted by atomic mass is 9.68. The van der Waals surface area contributed by atoms with Crippen molar-refractivity contribution in [1.29, 1.82) is 0 Å². The molecule has 0 spiro atoms. The predicted octanol–water partition coefficient (Wildman–Crippen LogP) is 9.01. The molecule has 0 saturated heterocycles. The average molecular weight is 802 g/mol. The van der Waals surface area contributed by atoms with Crippen LogP contribution in [0.2, 0.25) is 0 Å². The van der Waals surface area contributed by atoms with Crippen molar-refractivity contribution >= 4 is 11.9 Å². The molecular formula is C22H18F24O4. The van der Waals surface area contributed by atoms with Crippen LogP contribution in [0.4, 0.5) is 105 Å². The number of carbonyl (C=O) groups excluding carboxylic acids is 2. The Labute approximate surface area is 261 Å². The van der Waals surface area contributed by atoms with E-state index in [1.807, 2.05) is 0 Å². The molecule has 0 heterocycles. The summed E-state index contributed by atoms with van der Waals surface area (Å²) >= 11 is 0. The van der Waals surface area contributed by atoms with Crippen LogP contribution in [0.1, 0.15) is 27.7 Å². The summed E-state index contributed by atoms with van der Waals surface area (Å²) in [6.45, 7) is -6.20. The highest BCUT2D eigenvalue weighted by molar-refractivity contribution is 5.87. The Morgan fingerprint density at radius 3 is 0.780 bits per heavy atom. The summed E-state index contributed by atoms with van der Waals surface area (Å²) in [6, 6.07) is 0. The van der Waals surface area contributed by atoms with E-state index in [9.17, 15) is 115 Å². The molecule has 0 rings (SSSR count). The lowest BCUT2D eigenvalue weighted by molar-refractivity contribution is -0.414. The van der Waals surface area contributed by atoms with Crippen LogP contribution < -0.4 is 0 Å². The lowest BCUT2D eigenvalue weighted by Crippen LogP contribution is -2.69. The Hall–Kier alpha value is -2.74. The summed E-state index contributed by atoms with van der Waals surface area (Å²) in [5, 5.41) is 0. The van der Waals surface area contributed by atoms with Gasteiger partial charge in [-0.2, -0.15) is 87.8 Å². The van der Waals surface area contributed by atoms with E-state index in [2.05, 4.69) is 9.47 Å². The number of esters is 2. The van der Waals surface area contributed by atoms with E-state index in [-0.39, 0.29) is 27.7 Å². The molecule has 28 heteroatoms. The minimum absolute atomic E-state index is 0.229. The van der Waals surface area contributed by atoms with Crippen LogP contribution in [0.15, 0.2) is 0 Å². The van der Waals surface area contributed by atoms with E-state index in [1.54, 1.807) is 0 Å². The van der Waals surface area contributed by atoms with Gasteiger partial charge >= 0.3 is 84.0 Å². The third-order valence-electron chi connectivity index (χ3n) is 7.23. The Morgan fingerprint density at radius 1 is 0.400 bits per heavy atom. The molecule has 0 atom stereocenters. The van der Waals surface area contributed by atoms with Gasteiger partial charge in [-0.05, 0) is 27.7 Å². The fourth-order valence-electron chi connectivity index (χ4n) is 2.91. The average Bonchev–Trinajstić information content (AvgIpc) is 2.93. The van der Waals surface area contributed by atoms with Gasteiger partial charge in [0.15, 0.2) is 13.2 Å². The molecule has 0 aromatic carbocycles. The van der Waals surface area contributed by atoms with Gasteiger partial charge in [-0.3, -0.25) is 9.59 Å². The smallest absolute Gasteiger partial charge is 0.384 e. The summed E-state index contributed by atoms with van der Waals surface area (Å²) in [5.74, 6) is -81.4. The number of carbonyl (C=O) groups is 2. The van der Waals surface area contributed by atoms with Crippen molar-refractivity contribution in [3.63, 3.8) is 0 Å². The molecule has 0 aliphatic heterocycles. The molecule has 0 radical (unpaired) electrons. The quantitative estimate of drug-likeness (QED) is 0.109. The van der Waals surface area contributed by atoms with Crippen molar-refractivity contribution < 1.29 is 124 Å². The van der Waals surface area contributed by atoms with Gasteiger partial charge in [-0.1, -0.05) is 0 Å². The van der Waals surface area contributed by atoms with Gasteiger partial charge in [-0.25, -0.2) is 17.6 Å². The van der Waals surface area contributed by atoms with Gasteiger partial charge in [-0.15, -0.1) is 0 Å². The standard InChI is InChI=1S/C22H18F24O4/c1-11(2,9(47)49-5-13(27,28)17(35,36)21(43,44)19(39,40)15(31,32)7(23)24)12(3,4)10(48)50-6-14(29,30)18(37,38)22(45,46)20(41,42)16(33,34)8(25)26/h7-8H,5-6H2,1-4H3. The summed E-state index contributed by atoms with van der Waals surface area (Å²) in [6.07, 6.45) is -11.7. The molecule has 0 N–H and O–H groups in total. The first-order valence-corrected chi connectivity index (χ1v) is 12.1. The lowest BCUT2D eigenvalue weighted by Gasteiger charge is -2.40. The zero-order valence-electron chi connectivity index (χ0n) is 24.3. The van der Waals surface area contributed by atoms with Crippen molar-refractivity contribution in [3.05, 3.63) is 0 Å². The predicted molar refractivity (Wildman–Crippen MR) is 111 cm³/mol. The molecule has 0 fully saturated rings. The van der Waals surface area contributed by atoms with E-state index in [0.29, 0.717) is 0 Å². The molecule has 298 valence electrons. The van der Waals surface area contributed by atoms with E-state index in [0.717, 1.165) is 0 Å². The monoisotopic (exact) mass is 802 g/mol. The van der Waals surface area contributed by atoms with Gasteiger partial charge in [0.2, 0.25) is 0 Å². The highest BCUT2D eigenvalue weighted by Gasteiger charge is 2.89. The Morgan fingerprint density at radius 2 is 0.600 bits per heavy atom. The third kappa shape index (κ3) is 6.79. The Balaban J connectivity index is 6.24. The molecular weight excluding hydrogens is 784 g/mol. The minimum Gasteiger partial charge on any atom is -0.459 e. The second kappa shape index (κ2) is 13.0. The van der Waals surface area contributed by atoms with Crippen LogP contribution >= 0.6 is 0 Å². The van der Waals surface area contributed by atoms with Crippen LogP contribution in [-0.2, 0) is 19.1 Å². The van der Waals surface area contributed by atoms with E-state index < -0.39 is 108 Å². The molecule has 0 aromatic rings. The first-order valence-electron chi connectivity index (χ1n) is 12.1. The highest BCUT2D eigenvalue weighted by atomic mass is 19.4. The van der Waals surface area contributed by atoms with E-state index in [4.69, 9.17) is 0 Å². The molecule has 0 aliphatic rings. The van der Waals surface area contributed by atoms with Gasteiger partial charge < -0.3 is 9.47 Å². The van der Waals surface area contributed by atoms with Crippen LogP contribution in [0, 0.1) is 10.8 Å².